The summed E-state index contributed by atoms with van der Waals surface area (Å²) in [6, 6.07) is 2.65. The van der Waals surface area contributed by atoms with E-state index in [0.717, 1.165) is 32.4 Å². The van der Waals surface area contributed by atoms with Crippen molar-refractivity contribution in [3.05, 3.63) is 27.9 Å². The Morgan fingerprint density at radius 3 is 2.67 bits per heavy atom. The number of nitrogens with zero attached hydrogens (tertiary/aromatic N) is 3. The van der Waals surface area contributed by atoms with Gasteiger partial charge < -0.3 is 9.64 Å². The molecule has 0 unspecified atom stereocenters. The predicted octanol–water partition coefficient (Wildman–Crippen LogP) is 2.40. The number of ether oxygens (including phenoxy) is 1. The van der Waals surface area contributed by atoms with Crippen molar-refractivity contribution in [1.29, 1.82) is 0 Å². The molecule has 1 aliphatic rings. The van der Waals surface area contributed by atoms with Crippen molar-refractivity contribution in [2.24, 2.45) is 5.92 Å². The number of carbonyl (C=O) groups is 1. The van der Waals surface area contributed by atoms with Crippen LogP contribution in [0.4, 0.5) is 11.5 Å². The number of pyridine rings is 1. The van der Waals surface area contributed by atoms with Crippen molar-refractivity contribution in [3.63, 3.8) is 0 Å². The van der Waals surface area contributed by atoms with Crippen LogP contribution in [0.15, 0.2) is 12.1 Å². The standard InChI is InChI=1S/C14H19N3O4/c1-3-10-6-8-16(9-7-10)13-12(17(19)20)5-4-11(15-13)14(18)21-2/h4-5,10H,3,6-9H2,1-2H3. The van der Waals surface area contributed by atoms with Crippen molar-refractivity contribution in [1.82, 2.24) is 4.98 Å². The molecule has 2 heterocycles. The summed E-state index contributed by atoms with van der Waals surface area (Å²) in [5.74, 6) is 0.330. The van der Waals surface area contributed by atoms with Crippen molar-refractivity contribution in [3.8, 4) is 0 Å². The molecule has 114 valence electrons. The van der Waals surface area contributed by atoms with Crippen molar-refractivity contribution in [2.75, 3.05) is 25.1 Å². The molecule has 0 bridgehead atoms. The van der Waals surface area contributed by atoms with E-state index in [1.165, 1.54) is 19.2 Å². The number of methoxy groups -OCH3 is 1. The Labute approximate surface area is 123 Å². The molecule has 2 rings (SSSR count). The molecule has 0 radical (unpaired) electrons. The van der Waals surface area contributed by atoms with Gasteiger partial charge in [-0.3, -0.25) is 10.1 Å². The molecule has 0 aromatic carbocycles. The number of anilines is 1. The molecule has 0 spiro atoms. The summed E-state index contributed by atoms with van der Waals surface area (Å²) < 4.78 is 4.62. The van der Waals surface area contributed by atoms with Crippen LogP contribution in [0.2, 0.25) is 0 Å². The summed E-state index contributed by atoms with van der Waals surface area (Å²) in [6.07, 6.45) is 3.08. The third-order valence-electron chi connectivity index (χ3n) is 3.94. The minimum Gasteiger partial charge on any atom is -0.464 e. The number of esters is 1. The molecule has 21 heavy (non-hydrogen) atoms. The number of nitro groups is 1. The first-order chi connectivity index (χ1) is 10.1. The van der Waals surface area contributed by atoms with Crippen molar-refractivity contribution >= 4 is 17.5 Å². The van der Waals surface area contributed by atoms with E-state index in [1.807, 2.05) is 4.90 Å². The van der Waals surface area contributed by atoms with Gasteiger partial charge >= 0.3 is 11.7 Å². The van der Waals surface area contributed by atoms with Crippen LogP contribution < -0.4 is 4.90 Å². The second-order valence-corrected chi connectivity index (χ2v) is 5.13. The maximum absolute atomic E-state index is 11.6. The number of piperidine rings is 1. The van der Waals surface area contributed by atoms with Gasteiger partial charge in [-0.05, 0) is 24.8 Å². The van der Waals surface area contributed by atoms with E-state index in [2.05, 4.69) is 16.6 Å². The first kappa shape index (κ1) is 15.2. The predicted molar refractivity (Wildman–Crippen MR) is 77.5 cm³/mol. The van der Waals surface area contributed by atoms with Crippen LogP contribution in [-0.2, 0) is 4.74 Å². The highest BCUT2D eigenvalue weighted by atomic mass is 16.6. The Morgan fingerprint density at radius 2 is 2.14 bits per heavy atom. The second-order valence-electron chi connectivity index (χ2n) is 5.13. The van der Waals surface area contributed by atoms with Crippen LogP contribution in [0.5, 0.6) is 0 Å². The molecule has 0 aliphatic carbocycles. The molecule has 1 aromatic heterocycles. The van der Waals surface area contributed by atoms with E-state index < -0.39 is 10.9 Å². The fraction of sp³-hybridized carbons (Fsp3) is 0.571. The molecule has 1 aromatic rings. The Kier molecular flexibility index (Phi) is 4.72. The topological polar surface area (TPSA) is 85.6 Å². The Hall–Kier alpha value is -2.18. The molecule has 1 aliphatic heterocycles. The zero-order valence-electron chi connectivity index (χ0n) is 12.2. The molecular formula is C14H19N3O4. The van der Waals surface area contributed by atoms with Gasteiger partial charge in [-0.2, -0.15) is 0 Å². The highest BCUT2D eigenvalue weighted by Crippen LogP contribution is 2.30. The summed E-state index contributed by atoms with van der Waals surface area (Å²) in [6.45, 7) is 3.59. The molecule has 1 saturated heterocycles. The van der Waals surface area contributed by atoms with Gasteiger partial charge in [0.1, 0.15) is 0 Å². The number of aromatic nitrogens is 1. The fourth-order valence-electron chi connectivity index (χ4n) is 2.59. The molecule has 1 fully saturated rings. The number of hydrogen-bond donors (Lipinski definition) is 0. The van der Waals surface area contributed by atoms with E-state index >= 15 is 0 Å². The average molecular weight is 293 g/mol. The number of hydrogen-bond acceptors (Lipinski definition) is 6. The van der Waals surface area contributed by atoms with Gasteiger partial charge in [0.05, 0.1) is 12.0 Å². The van der Waals surface area contributed by atoms with Gasteiger partial charge in [0.15, 0.2) is 5.69 Å². The average Bonchev–Trinajstić information content (AvgIpc) is 2.53. The third-order valence-corrected chi connectivity index (χ3v) is 3.94. The van der Waals surface area contributed by atoms with Crippen LogP contribution in [0.3, 0.4) is 0 Å². The lowest BCUT2D eigenvalue weighted by Crippen LogP contribution is -2.34. The number of rotatable bonds is 4. The highest BCUT2D eigenvalue weighted by molar-refractivity contribution is 5.88. The molecule has 0 amide bonds. The Morgan fingerprint density at radius 1 is 1.48 bits per heavy atom. The highest BCUT2D eigenvalue weighted by Gasteiger charge is 2.27. The SMILES string of the molecule is CCC1CCN(c2nc(C(=O)OC)ccc2[N+](=O)[O-])CC1. The van der Waals surface area contributed by atoms with Crippen LogP contribution in [-0.4, -0.2) is 36.1 Å². The largest absolute Gasteiger partial charge is 0.464 e. The first-order valence-corrected chi connectivity index (χ1v) is 7.05. The maximum Gasteiger partial charge on any atom is 0.356 e. The zero-order chi connectivity index (χ0) is 15.4. The Bertz CT molecular complexity index is 539. The molecule has 0 atom stereocenters. The van der Waals surface area contributed by atoms with E-state index in [0.29, 0.717) is 5.92 Å². The van der Waals surface area contributed by atoms with E-state index in [1.54, 1.807) is 0 Å². The minimum atomic E-state index is -0.588. The normalized spacial score (nSPS) is 15.8. The Balaban J connectivity index is 2.31. The van der Waals surface area contributed by atoms with E-state index in [-0.39, 0.29) is 17.2 Å². The van der Waals surface area contributed by atoms with Gasteiger partial charge in [0, 0.05) is 19.2 Å². The lowest BCUT2D eigenvalue weighted by atomic mass is 9.94. The van der Waals surface area contributed by atoms with Gasteiger partial charge in [-0.15, -0.1) is 0 Å². The third kappa shape index (κ3) is 3.29. The lowest BCUT2D eigenvalue weighted by molar-refractivity contribution is -0.384. The van der Waals surface area contributed by atoms with E-state index in [9.17, 15) is 14.9 Å². The van der Waals surface area contributed by atoms with Gasteiger partial charge in [0.2, 0.25) is 5.82 Å². The molecule has 0 N–H and O–H groups in total. The molecule has 7 heteroatoms. The van der Waals surface area contributed by atoms with Gasteiger partial charge in [-0.1, -0.05) is 13.3 Å². The summed E-state index contributed by atoms with van der Waals surface area (Å²) in [5, 5.41) is 11.2. The summed E-state index contributed by atoms with van der Waals surface area (Å²) >= 11 is 0. The van der Waals surface area contributed by atoms with Crippen LogP contribution in [0, 0.1) is 16.0 Å². The molecule has 7 nitrogen and oxygen atoms in total. The summed E-state index contributed by atoms with van der Waals surface area (Å²) in [4.78, 5) is 28.3. The summed E-state index contributed by atoms with van der Waals surface area (Å²) in [7, 11) is 1.26. The zero-order valence-corrected chi connectivity index (χ0v) is 12.2. The monoisotopic (exact) mass is 293 g/mol. The van der Waals surface area contributed by atoms with Crippen molar-refractivity contribution in [2.45, 2.75) is 26.2 Å². The van der Waals surface area contributed by atoms with Gasteiger partial charge in [-0.25, -0.2) is 9.78 Å². The second kappa shape index (κ2) is 6.51. The smallest absolute Gasteiger partial charge is 0.356 e. The quantitative estimate of drug-likeness (QED) is 0.481. The number of carbonyl (C=O) groups excluding carboxylic acids is 1. The van der Waals surface area contributed by atoms with Crippen LogP contribution in [0.1, 0.15) is 36.7 Å². The lowest BCUT2D eigenvalue weighted by Gasteiger charge is -2.32. The minimum absolute atomic E-state index is 0.0717. The fourth-order valence-corrected chi connectivity index (χ4v) is 2.59. The van der Waals surface area contributed by atoms with Gasteiger partial charge in [0.25, 0.3) is 0 Å². The van der Waals surface area contributed by atoms with Crippen LogP contribution >= 0.6 is 0 Å². The van der Waals surface area contributed by atoms with E-state index in [4.69, 9.17) is 0 Å². The maximum atomic E-state index is 11.6. The summed E-state index contributed by atoms with van der Waals surface area (Å²) in [5.41, 5.74) is 0.0216. The van der Waals surface area contributed by atoms with Crippen LogP contribution in [0.25, 0.3) is 0 Å². The first-order valence-electron chi connectivity index (χ1n) is 7.05. The molecule has 0 saturated carbocycles. The molecular weight excluding hydrogens is 274 g/mol. The van der Waals surface area contributed by atoms with Crippen molar-refractivity contribution < 1.29 is 14.5 Å².